The summed E-state index contributed by atoms with van der Waals surface area (Å²) in [6.45, 7) is 1.21. The quantitative estimate of drug-likeness (QED) is 0.118. The van der Waals surface area contributed by atoms with E-state index < -0.39 is 34.4 Å². The van der Waals surface area contributed by atoms with E-state index in [9.17, 15) is 9.59 Å². The highest BCUT2D eigenvalue weighted by Crippen LogP contribution is 1.97. The fourth-order valence-corrected chi connectivity index (χ4v) is 1.26. The minimum atomic E-state index is -4.67. The minimum absolute atomic E-state index is 0. The average Bonchev–Trinajstić information content (AvgIpc) is 2.46. The largest absolute Gasteiger partial charge is 0.480 e. The van der Waals surface area contributed by atoms with Crippen LogP contribution in [0.5, 0.6) is 0 Å². The molecule has 176 valence electrons. The first kappa shape index (κ1) is 41.0. The van der Waals surface area contributed by atoms with E-state index in [1.165, 1.54) is 0 Å². The van der Waals surface area contributed by atoms with Crippen LogP contribution < -0.4 is 22.9 Å². The summed E-state index contributed by atoms with van der Waals surface area (Å²) < 4.78 is 31.6. The molecule has 0 aliphatic rings. The summed E-state index contributed by atoms with van der Waals surface area (Å²) in [5.41, 5.74) is 20.8. The number of hydrogen-bond donors (Lipinski definition) is 8. The number of carbonyl (C=O) groups is 2. The van der Waals surface area contributed by atoms with Crippen LogP contribution in [0.25, 0.3) is 0 Å². The molecular formula is C12H36N4O11S. The van der Waals surface area contributed by atoms with E-state index in [2.05, 4.69) is 0 Å². The van der Waals surface area contributed by atoms with Crippen molar-refractivity contribution in [3.8, 4) is 0 Å². The van der Waals surface area contributed by atoms with Crippen molar-refractivity contribution in [2.24, 2.45) is 22.9 Å². The Labute approximate surface area is 163 Å². The molecule has 0 aliphatic carbocycles. The van der Waals surface area contributed by atoms with E-state index in [1.807, 2.05) is 0 Å². The lowest BCUT2D eigenvalue weighted by molar-refractivity contribution is -0.139. The van der Waals surface area contributed by atoms with Gasteiger partial charge >= 0.3 is 22.3 Å². The minimum Gasteiger partial charge on any atom is -0.480 e. The molecule has 2 atom stereocenters. The maximum atomic E-state index is 10.1. The second-order valence-electron chi connectivity index (χ2n) is 4.91. The van der Waals surface area contributed by atoms with Crippen LogP contribution in [0.3, 0.4) is 0 Å². The van der Waals surface area contributed by atoms with E-state index in [0.717, 1.165) is 25.7 Å². The number of nitrogens with two attached hydrogens (primary N) is 4. The normalized spacial score (nSPS) is 11.4. The Balaban J connectivity index is -0.0000000646. The molecule has 0 aliphatic heterocycles. The summed E-state index contributed by atoms with van der Waals surface area (Å²) in [6, 6.07) is -1.43. The van der Waals surface area contributed by atoms with E-state index in [4.69, 9.17) is 50.7 Å². The Morgan fingerprint density at radius 3 is 1.07 bits per heavy atom. The third-order valence-corrected chi connectivity index (χ3v) is 2.57. The maximum absolute atomic E-state index is 10.1. The summed E-state index contributed by atoms with van der Waals surface area (Å²) in [7, 11) is -4.67. The smallest absolute Gasteiger partial charge is 0.394 e. The van der Waals surface area contributed by atoms with Gasteiger partial charge in [0.1, 0.15) is 12.1 Å². The first-order valence-electron chi connectivity index (χ1n) is 7.43. The van der Waals surface area contributed by atoms with Gasteiger partial charge in [-0.05, 0) is 38.8 Å². The summed E-state index contributed by atoms with van der Waals surface area (Å²) in [4.78, 5) is 20.3. The maximum Gasteiger partial charge on any atom is 0.394 e. The zero-order valence-electron chi connectivity index (χ0n) is 15.5. The molecule has 0 saturated heterocycles. The molecule has 0 bridgehead atoms. The molecule has 0 heterocycles. The monoisotopic (exact) mass is 444 g/mol. The van der Waals surface area contributed by atoms with Crippen LogP contribution in [0.1, 0.15) is 38.5 Å². The summed E-state index contributed by atoms with van der Waals surface area (Å²) >= 11 is 0. The van der Waals surface area contributed by atoms with Crippen LogP contribution in [0.4, 0.5) is 0 Å². The van der Waals surface area contributed by atoms with Crippen LogP contribution >= 0.6 is 0 Å². The van der Waals surface area contributed by atoms with Crippen LogP contribution in [0.15, 0.2) is 0 Å². The van der Waals surface area contributed by atoms with Gasteiger partial charge in [0.25, 0.3) is 0 Å². The zero-order valence-corrected chi connectivity index (χ0v) is 16.3. The molecule has 28 heavy (non-hydrogen) atoms. The zero-order chi connectivity index (χ0) is 20.5. The van der Waals surface area contributed by atoms with Crippen molar-refractivity contribution in [3.63, 3.8) is 0 Å². The molecule has 0 fully saturated rings. The predicted octanol–water partition coefficient (Wildman–Crippen LogP) is -4.07. The average molecular weight is 445 g/mol. The number of hydrogen-bond acceptors (Lipinski definition) is 8. The molecule has 0 radical (unpaired) electrons. The number of carboxylic acids is 2. The van der Waals surface area contributed by atoms with Gasteiger partial charge in [-0.15, -0.1) is 0 Å². The summed E-state index contributed by atoms with van der Waals surface area (Å²) in [6.07, 6.45) is 4.33. The Morgan fingerprint density at radius 1 is 0.714 bits per heavy atom. The standard InChI is InChI=1S/2C6H14N2O2.H2O4S.3H2O/c2*7-4-2-1-3-5(8)6(9)10;1-5(2,3)4;;;/h2*5H,1-4,7-8H2,(H,9,10);(H2,1,2,3,4);3*1H2/t2*5-;;;;/m00..../s1. The molecule has 15 nitrogen and oxygen atoms in total. The third-order valence-electron chi connectivity index (χ3n) is 2.57. The van der Waals surface area contributed by atoms with Crippen molar-refractivity contribution in [2.75, 3.05) is 13.1 Å². The van der Waals surface area contributed by atoms with Gasteiger partial charge in [0.2, 0.25) is 0 Å². The summed E-state index contributed by atoms with van der Waals surface area (Å²) in [5, 5.41) is 16.7. The van der Waals surface area contributed by atoms with Gasteiger partial charge in [-0.25, -0.2) is 0 Å². The van der Waals surface area contributed by atoms with E-state index >= 15 is 0 Å². The lowest BCUT2D eigenvalue weighted by atomic mass is 10.1. The Bertz CT molecular complexity index is 417. The highest BCUT2D eigenvalue weighted by Gasteiger charge is 2.09. The molecule has 0 aromatic rings. The first-order chi connectivity index (χ1) is 11.4. The van der Waals surface area contributed by atoms with Gasteiger partial charge in [-0.1, -0.05) is 12.8 Å². The van der Waals surface area contributed by atoms with E-state index in [0.29, 0.717) is 25.9 Å². The van der Waals surface area contributed by atoms with Gasteiger partial charge in [0.05, 0.1) is 0 Å². The molecule has 18 N–H and O–H groups in total. The molecule has 16 heteroatoms. The van der Waals surface area contributed by atoms with Gasteiger partial charge in [0, 0.05) is 0 Å². The topological polar surface area (TPSA) is 348 Å². The Kier molecular flexibility index (Phi) is 37.4. The molecule has 0 spiro atoms. The molecular weight excluding hydrogens is 408 g/mol. The number of carboxylic acid groups (broad SMARTS) is 2. The summed E-state index contributed by atoms with van der Waals surface area (Å²) in [5.74, 6) is -1.87. The van der Waals surface area contributed by atoms with Gasteiger partial charge in [-0.2, -0.15) is 8.42 Å². The Morgan fingerprint density at radius 2 is 0.929 bits per heavy atom. The molecule has 0 unspecified atom stereocenters. The van der Waals surface area contributed by atoms with Gasteiger partial charge < -0.3 is 49.6 Å². The highest BCUT2D eigenvalue weighted by molar-refractivity contribution is 7.79. The molecule has 0 aromatic heterocycles. The molecule has 0 rings (SSSR count). The first-order valence-corrected chi connectivity index (χ1v) is 8.83. The van der Waals surface area contributed by atoms with Crippen LogP contribution in [-0.4, -0.2) is 81.3 Å². The second-order valence-corrected chi connectivity index (χ2v) is 5.80. The van der Waals surface area contributed by atoms with Crippen molar-refractivity contribution in [2.45, 2.75) is 50.6 Å². The molecule has 0 saturated carbocycles. The van der Waals surface area contributed by atoms with Crippen molar-refractivity contribution >= 4 is 22.3 Å². The van der Waals surface area contributed by atoms with Crippen LogP contribution in [-0.2, 0) is 20.0 Å². The SMILES string of the molecule is NCCCC[C@H](N)C(=O)O.NCCCC[C@H](N)C(=O)O.O.O.O.O=S(=O)(O)O. The molecule has 0 amide bonds. The van der Waals surface area contributed by atoms with E-state index in [1.54, 1.807) is 0 Å². The fraction of sp³-hybridized carbons (Fsp3) is 0.833. The third kappa shape index (κ3) is 49.7. The van der Waals surface area contributed by atoms with Crippen molar-refractivity contribution in [3.05, 3.63) is 0 Å². The second kappa shape index (κ2) is 25.5. The number of aliphatic carboxylic acids is 2. The highest BCUT2D eigenvalue weighted by atomic mass is 32.3. The predicted molar refractivity (Wildman–Crippen MR) is 102 cm³/mol. The molecule has 0 aromatic carbocycles. The lowest BCUT2D eigenvalue weighted by Crippen LogP contribution is -2.29. The fourth-order valence-electron chi connectivity index (χ4n) is 1.26. The van der Waals surface area contributed by atoms with Crippen molar-refractivity contribution < 1.29 is 53.8 Å². The van der Waals surface area contributed by atoms with Crippen LogP contribution in [0.2, 0.25) is 0 Å². The van der Waals surface area contributed by atoms with E-state index in [-0.39, 0.29) is 16.4 Å². The number of unbranched alkanes of at least 4 members (excludes halogenated alkanes) is 2. The van der Waals surface area contributed by atoms with Crippen molar-refractivity contribution in [1.82, 2.24) is 0 Å². The van der Waals surface area contributed by atoms with Crippen LogP contribution in [0, 0.1) is 0 Å². The number of rotatable bonds is 10. The van der Waals surface area contributed by atoms with Crippen molar-refractivity contribution in [1.29, 1.82) is 0 Å². The van der Waals surface area contributed by atoms with Gasteiger partial charge in [0.15, 0.2) is 0 Å². The van der Waals surface area contributed by atoms with Gasteiger partial charge in [-0.3, -0.25) is 18.7 Å². The lowest BCUT2D eigenvalue weighted by Gasteiger charge is -2.03. The Hall–Kier alpha value is -1.47.